The number of benzene rings is 18. The van der Waals surface area contributed by atoms with Gasteiger partial charge in [0.15, 0.2) is 0 Å². The second kappa shape index (κ2) is 36.9. The van der Waals surface area contributed by atoms with Crippen LogP contribution in [0.4, 0.5) is 0 Å². The summed E-state index contributed by atoms with van der Waals surface area (Å²) in [6, 6.07) is 147. The molecule has 131 heavy (non-hydrogen) atoms. The van der Waals surface area contributed by atoms with Crippen molar-refractivity contribution >= 4 is 232 Å². The number of aromatic amines is 1. The van der Waals surface area contributed by atoms with Crippen molar-refractivity contribution in [2.45, 2.75) is 82.4 Å². The number of fused-ring (bicyclic) bond motifs is 27. The summed E-state index contributed by atoms with van der Waals surface area (Å²) in [4.78, 5) is 3.66. The van der Waals surface area contributed by atoms with Crippen molar-refractivity contribution in [3.63, 3.8) is 0 Å². The first-order valence-electron chi connectivity index (χ1n) is 46.0. The van der Waals surface area contributed by atoms with E-state index in [-0.39, 0.29) is 7.92 Å². The lowest BCUT2D eigenvalue weighted by Gasteiger charge is -2.39. The van der Waals surface area contributed by atoms with Crippen molar-refractivity contribution in [3.8, 4) is 28.3 Å². The smallest absolute Gasteiger partial charge is 0.135 e. The van der Waals surface area contributed by atoms with E-state index in [0.717, 1.165) is 94.6 Å². The molecular weight excluding hydrogens is 1840 g/mol. The van der Waals surface area contributed by atoms with Gasteiger partial charge >= 0.3 is 0 Å². The number of nitrogens with zero attached hydrogens (tertiary/aromatic N) is 2. The lowest BCUT2D eigenvalue weighted by Crippen LogP contribution is -2.27. The van der Waals surface area contributed by atoms with Gasteiger partial charge in [0.05, 0.1) is 29.2 Å². The number of methoxy groups -OCH3 is 1. The Labute approximate surface area is 790 Å². The van der Waals surface area contributed by atoms with E-state index in [9.17, 15) is 0 Å². The van der Waals surface area contributed by atoms with Crippen LogP contribution in [-0.4, -0.2) is 32.5 Å². The molecule has 0 bridgehead atoms. The summed E-state index contributed by atoms with van der Waals surface area (Å²) < 4.78 is 25.6. The number of hydrogen-bond donors (Lipinski definition) is 1. The Bertz CT molecular complexity index is 7940. The monoisotopic (exact) mass is 1940 g/mol. The van der Waals surface area contributed by atoms with Crippen molar-refractivity contribution in [2.75, 3.05) is 7.11 Å². The molecule has 2 saturated carbocycles. The van der Waals surface area contributed by atoms with Crippen molar-refractivity contribution in [2.24, 2.45) is 0 Å². The molecule has 18 aromatic carbocycles. The highest BCUT2D eigenvalue weighted by molar-refractivity contribution is 14.1. The maximum absolute atomic E-state index is 6.69. The van der Waals surface area contributed by atoms with Crippen molar-refractivity contribution in [3.05, 3.63) is 419 Å². The molecular formula is C122H96I2N3O3P. The summed E-state index contributed by atoms with van der Waals surface area (Å²) in [7, 11) is 1.69. The molecule has 0 amide bonds. The second-order valence-electron chi connectivity index (χ2n) is 34.7. The van der Waals surface area contributed by atoms with Gasteiger partial charge in [-0.2, -0.15) is 0 Å². The number of furan rings is 2. The Morgan fingerprint density at radius 1 is 0.275 bits per heavy atom. The van der Waals surface area contributed by atoms with E-state index in [1.165, 1.54) is 196 Å². The van der Waals surface area contributed by atoms with Crippen LogP contribution in [-0.2, 0) is 0 Å². The lowest BCUT2D eigenvalue weighted by atomic mass is 9.99. The third kappa shape index (κ3) is 16.0. The average molecular weight is 1940 g/mol. The van der Waals surface area contributed by atoms with Crippen LogP contribution in [0.25, 0.3) is 196 Å². The molecule has 2 fully saturated rings. The largest absolute Gasteiger partial charge is 0.496 e. The van der Waals surface area contributed by atoms with Crippen molar-refractivity contribution in [1.82, 2.24) is 14.1 Å². The van der Waals surface area contributed by atoms with Gasteiger partial charge in [-0.05, 0) is 285 Å². The van der Waals surface area contributed by atoms with Gasteiger partial charge in [0, 0.05) is 89.0 Å². The molecule has 0 atom stereocenters. The van der Waals surface area contributed by atoms with Crippen molar-refractivity contribution < 1.29 is 13.6 Å². The Morgan fingerprint density at radius 3 is 0.908 bits per heavy atom. The lowest BCUT2D eigenvalue weighted by molar-refractivity contribution is 0.416. The Hall–Kier alpha value is -13.4. The van der Waals surface area contributed by atoms with E-state index in [0.29, 0.717) is 0 Å². The van der Waals surface area contributed by atoms with Gasteiger partial charge in [0.25, 0.3) is 0 Å². The fourth-order valence-electron chi connectivity index (χ4n) is 21.1. The highest BCUT2D eigenvalue weighted by atomic mass is 127. The van der Waals surface area contributed by atoms with Crippen LogP contribution in [0.15, 0.2) is 415 Å². The number of halogens is 2. The molecule has 0 saturated heterocycles. The second-order valence-corrected chi connectivity index (χ2v) is 40.0. The SMILES string of the molecule is COc1cccc(C)c1-c1ccccc1P(C1CCCCC1)C1CCCCC1.Ic1ccc2oc3ccc(I)cc3c2c1.c1ccc2c(c1)[nH]c1ccccc1c1ccccc1c1ccccc21.c1ccc2c(c1)c1ccccc1c1ccccc1n(-c1ccc3oc4ccc(-n5c6ccccc6c6ccccc6c6ccccc6c6ccccc65)cc4c3c1)c1ccccc21. The van der Waals surface area contributed by atoms with Gasteiger partial charge in [-0.3, -0.25) is 0 Å². The molecule has 6 nitrogen and oxygen atoms in total. The highest BCUT2D eigenvalue weighted by Crippen LogP contribution is 2.57. The molecule has 0 radical (unpaired) electrons. The fraction of sp³-hybridized carbons (Fsp3) is 0.115. The standard InChI is InChI=1S/C60H38N2O.C26H35OP.C24H17N.C12H6I2O/c1-5-21-45-41(17-1)42-18-2-6-22-46(42)50-26-10-14-30-56(50)61(55-29-13-9-25-49(45)55)39-33-35-59-53(37-39)54-38-40(34-36-60(54)63-59)62-57-31-15-11-27-51(57)47-23-7-3-19-43(47)44-20-4-8-24-48(44)52-28-12-16-32-58(52)62;1-20-12-11-18-24(27-2)26(20)23-17-9-10-19-25(23)28(21-13-5-3-6-14-21)22-15-7-4-8-16-22;1-3-11-19-17(9-1)18-10-2-4-12-20(18)22-14-6-8-16-24(22)25-23-15-7-5-13-21(19)23;13-7-1-3-11-9(5-7)10-6-8(14)2-4-12(10)15-11/h1-38H;9-12,17-19,21-22H,3-8,13-16H2,1-2H3;1-16,25H;1-6H. The Kier molecular flexibility index (Phi) is 23.5. The number of para-hydroxylation sites is 6. The number of ether oxygens (including phenoxy) is 1. The Balaban J connectivity index is 0.000000121. The molecule has 0 aliphatic heterocycles. The summed E-state index contributed by atoms with van der Waals surface area (Å²) in [6.07, 6.45) is 14.4. The van der Waals surface area contributed by atoms with Crippen LogP contribution in [0.3, 0.4) is 0 Å². The van der Waals surface area contributed by atoms with Gasteiger partial charge in [-0.1, -0.05) is 338 Å². The van der Waals surface area contributed by atoms with E-state index < -0.39 is 0 Å². The third-order valence-corrected chi connectivity index (χ3v) is 32.0. The molecule has 2 aliphatic rings. The van der Waals surface area contributed by atoms with E-state index in [1.54, 1.807) is 5.30 Å². The topological polar surface area (TPSA) is 61.2 Å². The zero-order valence-electron chi connectivity index (χ0n) is 73.2. The summed E-state index contributed by atoms with van der Waals surface area (Å²) in [5.74, 6) is 1.02. The summed E-state index contributed by atoms with van der Waals surface area (Å²) in [5.41, 5.74) is 18.4. The van der Waals surface area contributed by atoms with Crippen LogP contribution in [0, 0.1) is 14.1 Å². The molecule has 5 aromatic heterocycles. The zero-order valence-corrected chi connectivity index (χ0v) is 78.4. The van der Waals surface area contributed by atoms with Crippen LogP contribution in [0.1, 0.15) is 69.8 Å². The molecule has 5 heterocycles. The van der Waals surface area contributed by atoms with E-state index in [1.807, 2.05) is 19.2 Å². The van der Waals surface area contributed by atoms with Crippen LogP contribution >= 0.6 is 53.1 Å². The molecule has 2 aliphatic carbocycles. The van der Waals surface area contributed by atoms with Gasteiger partial charge in [-0.15, -0.1) is 0 Å². The summed E-state index contributed by atoms with van der Waals surface area (Å²) in [6.45, 7) is 2.23. The first-order chi connectivity index (χ1) is 64.7. The fourth-order valence-corrected chi connectivity index (χ4v) is 26.1. The summed E-state index contributed by atoms with van der Waals surface area (Å²) in [5, 5.41) is 28.1. The molecule has 1 N–H and O–H groups in total. The molecule has 9 heteroatoms. The van der Waals surface area contributed by atoms with Gasteiger partial charge in [0.1, 0.15) is 28.1 Å². The van der Waals surface area contributed by atoms with Crippen LogP contribution in [0.2, 0.25) is 0 Å². The first-order valence-corrected chi connectivity index (χ1v) is 49.6. The Morgan fingerprint density at radius 2 is 0.557 bits per heavy atom. The van der Waals surface area contributed by atoms with Crippen LogP contribution < -0.4 is 10.0 Å². The quantitative estimate of drug-likeness (QED) is 0.128. The maximum atomic E-state index is 6.69. The van der Waals surface area contributed by atoms with E-state index in [4.69, 9.17) is 13.6 Å². The number of rotatable bonds is 7. The van der Waals surface area contributed by atoms with Gasteiger partial charge in [0.2, 0.25) is 0 Å². The highest BCUT2D eigenvalue weighted by Gasteiger charge is 2.34. The number of aryl methyl sites for hydroxylation is 1. The van der Waals surface area contributed by atoms with Gasteiger partial charge in [-0.25, -0.2) is 0 Å². The maximum Gasteiger partial charge on any atom is 0.135 e. The first kappa shape index (κ1) is 83.3. The van der Waals surface area contributed by atoms with E-state index in [2.05, 4.69) is 461 Å². The van der Waals surface area contributed by atoms with Gasteiger partial charge < -0.3 is 27.7 Å². The summed E-state index contributed by atoms with van der Waals surface area (Å²) >= 11 is 4.65. The normalized spacial score (nSPS) is 13.2. The minimum Gasteiger partial charge on any atom is -0.496 e. The molecule has 23 aromatic rings. The minimum absolute atomic E-state index is 0.122. The number of aromatic nitrogens is 3. The molecule has 25 rings (SSSR count). The number of H-pyrrole nitrogens is 1. The molecule has 0 spiro atoms. The predicted octanol–water partition coefficient (Wildman–Crippen LogP) is 35.6. The minimum atomic E-state index is -0.122. The third-order valence-electron chi connectivity index (χ3n) is 27.1. The average Bonchev–Trinajstić information content (AvgIpc) is 1.61. The zero-order chi connectivity index (χ0) is 87.8. The number of nitrogens with one attached hydrogen (secondary N) is 1. The molecule has 0 unspecified atom stereocenters. The predicted molar refractivity (Wildman–Crippen MR) is 579 cm³/mol. The molecule has 636 valence electrons. The van der Waals surface area contributed by atoms with Crippen LogP contribution in [0.5, 0.6) is 5.75 Å². The number of hydrogen-bond acceptors (Lipinski definition) is 3. The van der Waals surface area contributed by atoms with E-state index >= 15 is 0 Å². The van der Waals surface area contributed by atoms with Crippen molar-refractivity contribution in [1.29, 1.82) is 0 Å².